The van der Waals surface area contributed by atoms with Gasteiger partial charge >= 0.3 is 0 Å². The van der Waals surface area contributed by atoms with Crippen LogP contribution in [0, 0.1) is 5.92 Å². The molecule has 0 radical (unpaired) electrons. The number of para-hydroxylation sites is 1. The second-order valence-electron chi connectivity index (χ2n) is 18.1. The number of aliphatic hydroxyl groups excluding tert-OH is 1. The number of halogens is 1. The topological polar surface area (TPSA) is 115 Å². The zero-order chi connectivity index (χ0) is 42.7. The van der Waals surface area contributed by atoms with Crippen molar-refractivity contribution in [2.75, 3.05) is 54.7 Å². The number of piperidine rings is 1. The first kappa shape index (κ1) is 41.8. The lowest BCUT2D eigenvalue weighted by atomic mass is 9.82. The number of hydrogen-bond acceptors (Lipinski definition) is 8. The van der Waals surface area contributed by atoms with Gasteiger partial charge in [0.2, 0.25) is 5.91 Å². The van der Waals surface area contributed by atoms with E-state index in [4.69, 9.17) is 9.47 Å². The van der Waals surface area contributed by atoms with Crippen LogP contribution in [0.5, 0.6) is 5.75 Å². The van der Waals surface area contributed by atoms with E-state index in [2.05, 4.69) is 70.4 Å². The van der Waals surface area contributed by atoms with Crippen molar-refractivity contribution >= 4 is 64.0 Å². The van der Waals surface area contributed by atoms with Gasteiger partial charge in [-0.2, -0.15) is 0 Å². The molecule has 4 fully saturated rings. The lowest BCUT2D eigenvalue weighted by molar-refractivity contribution is -0.150. The van der Waals surface area contributed by atoms with Crippen LogP contribution in [0.3, 0.4) is 0 Å². The number of carbonyl (C=O) groups excluding carboxylic acids is 3. The van der Waals surface area contributed by atoms with Crippen LogP contribution in [-0.4, -0.2) is 93.5 Å². The van der Waals surface area contributed by atoms with Crippen molar-refractivity contribution in [2.45, 2.75) is 87.5 Å². The Hall–Kier alpha value is -4.53. The Morgan fingerprint density at radius 2 is 1.67 bits per heavy atom. The Bertz CT molecular complexity index is 2290. The maximum absolute atomic E-state index is 15.4. The van der Waals surface area contributed by atoms with Crippen LogP contribution in [0.25, 0.3) is 0 Å². The number of fused-ring (bicyclic) bond motifs is 2. The third-order valence-corrected chi connectivity index (χ3v) is 19.5. The molecule has 0 aliphatic carbocycles. The van der Waals surface area contributed by atoms with E-state index >= 15 is 4.79 Å². The minimum atomic E-state index is -2.48. The number of nitrogens with one attached hydrogen (secondary N) is 1. The van der Waals surface area contributed by atoms with Crippen LogP contribution in [0.2, 0.25) is 18.6 Å². The third kappa shape index (κ3) is 6.91. The smallest absolute Gasteiger partial charge is 0.264 e. The van der Waals surface area contributed by atoms with Crippen molar-refractivity contribution in [1.29, 1.82) is 0 Å². The van der Waals surface area contributed by atoms with E-state index in [1.807, 2.05) is 87.5 Å². The predicted octanol–water partition coefficient (Wildman–Crippen LogP) is 6.53. The van der Waals surface area contributed by atoms with Crippen LogP contribution in [0.15, 0.2) is 102 Å². The molecule has 5 aliphatic rings. The standard InChI is InChI=1S/C48H56BrN5O6Si/c1-32-44(61(3,4)39-19-17-38(59-2)18-20-39)42(28-43(56)51-26-8-11-37(51)30-55)60-48(32)40-27-34(49)14-21-41(40)52(46(48)58)29-33-12-15-35(16-13-33)53-31-54(36-9-6-5-7-10-36)47(45(53)57)22-24-50-25-23-47/h5-7,9-10,12-21,27,32,37,42,44,50,55H,8,11,22-26,28-31H2,1-4H3/t32-,37-,42+,44-,48+/m0/s1. The minimum absolute atomic E-state index is 0.0402. The lowest BCUT2D eigenvalue weighted by Gasteiger charge is -2.39. The second-order valence-corrected chi connectivity index (χ2v) is 23.7. The summed E-state index contributed by atoms with van der Waals surface area (Å²) >= 11 is 3.72. The monoisotopic (exact) mass is 905 g/mol. The van der Waals surface area contributed by atoms with E-state index in [9.17, 15) is 14.7 Å². The number of amides is 3. The zero-order valence-electron chi connectivity index (χ0n) is 35.5. The van der Waals surface area contributed by atoms with E-state index < -0.39 is 25.3 Å². The molecule has 320 valence electrons. The summed E-state index contributed by atoms with van der Waals surface area (Å²) in [4.78, 5) is 51.8. The van der Waals surface area contributed by atoms with Gasteiger partial charge in [-0.15, -0.1) is 0 Å². The highest BCUT2D eigenvalue weighted by Crippen LogP contribution is 2.60. The number of rotatable bonds is 10. The molecule has 4 saturated heterocycles. The van der Waals surface area contributed by atoms with Crippen molar-refractivity contribution in [1.82, 2.24) is 10.2 Å². The number of anilines is 3. The first-order chi connectivity index (χ1) is 29.4. The third-order valence-electron chi connectivity index (χ3n) is 14.6. The number of carbonyl (C=O) groups is 3. The largest absolute Gasteiger partial charge is 0.497 e. The van der Waals surface area contributed by atoms with Gasteiger partial charge in [0, 0.05) is 33.9 Å². The quantitative estimate of drug-likeness (QED) is 0.173. The van der Waals surface area contributed by atoms with Gasteiger partial charge in [0.1, 0.15) is 11.3 Å². The molecule has 0 bridgehead atoms. The Balaban J connectivity index is 1.03. The van der Waals surface area contributed by atoms with Crippen molar-refractivity contribution in [2.24, 2.45) is 5.92 Å². The number of aliphatic hydroxyl groups is 1. The molecule has 13 heteroatoms. The molecule has 0 unspecified atom stereocenters. The van der Waals surface area contributed by atoms with Gasteiger partial charge in [-0.25, -0.2) is 0 Å². The van der Waals surface area contributed by atoms with Crippen LogP contribution in [-0.2, 0) is 31.3 Å². The van der Waals surface area contributed by atoms with E-state index in [0.717, 1.165) is 77.2 Å². The van der Waals surface area contributed by atoms with Gasteiger partial charge in [-0.1, -0.05) is 83.6 Å². The van der Waals surface area contributed by atoms with Gasteiger partial charge in [0.25, 0.3) is 11.8 Å². The number of nitrogens with zero attached hydrogens (tertiary/aromatic N) is 4. The second kappa shape index (κ2) is 16.3. The van der Waals surface area contributed by atoms with Crippen LogP contribution < -0.4 is 29.9 Å². The SMILES string of the molecule is COc1ccc([Si](C)(C)[C@@H]2[C@@H](CC(=O)N3CCC[C@H]3CO)O[C@]3(C(=O)N(Cc4ccc(N5CN(c6ccccc6)C6(CCNCC6)C5=O)cc4)c4ccc(Br)cc43)[C@H]2C)cc1. The summed E-state index contributed by atoms with van der Waals surface area (Å²) in [6.07, 6.45) is 2.71. The summed E-state index contributed by atoms with van der Waals surface area (Å²) in [5.41, 5.74) is 2.37. The number of benzene rings is 4. The molecule has 5 heterocycles. The van der Waals surface area contributed by atoms with Crippen molar-refractivity contribution in [3.8, 4) is 5.75 Å². The predicted molar refractivity (Wildman–Crippen MR) is 244 cm³/mol. The summed E-state index contributed by atoms with van der Waals surface area (Å²) < 4.78 is 13.6. The van der Waals surface area contributed by atoms with Crippen molar-refractivity contribution < 1.29 is 29.0 Å². The Morgan fingerprint density at radius 3 is 2.36 bits per heavy atom. The molecule has 0 saturated carbocycles. The fourth-order valence-electron chi connectivity index (χ4n) is 11.4. The molecular weight excluding hydrogens is 851 g/mol. The molecule has 0 aromatic heterocycles. The van der Waals surface area contributed by atoms with Gasteiger partial charge < -0.3 is 34.6 Å². The summed E-state index contributed by atoms with van der Waals surface area (Å²) in [7, 11) is -0.823. The van der Waals surface area contributed by atoms with E-state index in [1.54, 1.807) is 7.11 Å². The molecule has 4 aromatic carbocycles. The Labute approximate surface area is 368 Å². The molecule has 2 N–H and O–H groups in total. The first-order valence-electron chi connectivity index (χ1n) is 21.7. The summed E-state index contributed by atoms with van der Waals surface area (Å²) in [5.74, 6) is 0.449. The number of hydrogen-bond donors (Lipinski definition) is 2. The van der Waals surface area contributed by atoms with E-state index in [0.29, 0.717) is 19.8 Å². The van der Waals surface area contributed by atoms with Crippen LogP contribution >= 0.6 is 15.9 Å². The van der Waals surface area contributed by atoms with E-state index in [1.165, 1.54) is 5.19 Å². The highest BCUT2D eigenvalue weighted by Gasteiger charge is 2.66. The highest BCUT2D eigenvalue weighted by molar-refractivity contribution is 9.10. The number of likely N-dealkylation sites (tertiary alicyclic amines) is 1. The Morgan fingerprint density at radius 1 is 0.951 bits per heavy atom. The fourth-order valence-corrected chi connectivity index (χ4v) is 15.8. The van der Waals surface area contributed by atoms with Gasteiger partial charge in [-0.3, -0.25) is 19.3 Å². The average Bonchev–Trinajstić information content (AvgIpc) is 4.01. The number of ether oxygens (including phenoxy) is 2. The summed E-state index contributed by atoms with van der Waals surface area (Å²) in [6.45, 7) is 9.67. The van der Waals surface area contributed by atoms with Crippen molar-refractivity contribution in [3.05, 3.63) is 113 Å². The maximum Gasteiger partial charge on any atom is 0.264 e. The summed E-state index contributed by atoms with van der Waals surface area (Å²) in [6, 6.07) is 32.3. The Kier molecular flexibility index (Phi) is 11.2. The van der Waals surface area contributed by atoms with Crippen LogP contribution in [0.1, 0.15) is 50.2 Å². The molecule has 11 nitrogen and oxygen atoms in total. The maximum atomic E-state index is 15.4. The minimum Gasteiger partial charge on any atom is -0.497 e. The molecule has 5 atom stereocenters. The van der Waals surface area contributed by atoms with Crippen LogP contribution in [0.4, 0.5) is 17.1 Å². The van der Waals surface area contributed by atoms with Crippen molar-refractivity contribution in [3.63, 3.8) is 0 Å². The van der Waals surface area contributed by atoms with E-state index in [-0.39, 0.29) is 48.3 Å². The molecule has 61 heavy (non-hydrogen) atoms. The molecule has 4 aromatic rings. The molecule has 9 rings (SSSR count). The molecule has 3 amide bonds. The molecule has 5 aliphatic heterocycles. The zero-order valence-corrected chi connectivity index (χ0v) is 38.1. The molecule has 2 spiro atoms. The first-order valence-corrected chi connectivity index (χ1v) is 25.6. The average molecular weight is 907 g/mol. The number of methoxy groups -OCH3 is 1. The van der Waals surface area contributed by atoms with Gasteiger partial charge in [0.05, 0.1) is 59.3 Å². The van der Waals surface area contributed by atoms with Gasteiger partial charge in [-0.05, 0) is 104 Å². The molecular formula is C48H56BrN5O6Si. The summed E-state index contributed by atoms with van der Waals surface area (Å²) in [5, 5.41) is 14.8. The van der Waals surface area contributed by atoms with Gasteiger partial charge in [0.15, 0.2) is 5.60 Å². The normalized spacial score (nSPS) is 25.9. The highest BCUT2D eigenvalue weighted by atomic mass is 79.9. The lowest BCUT2D eigenvalue weighted by Crippen LogP contribution is -2.55. The fraction of sp³-hybridized carbons (Fsp3) is 0.438.